The van der Waals surface area contributed by atoms with Crippen LogP contribution in [0.3, 0.4) is 0 Å². The summed E-state index contributed by atoms with van der Waals surface area (Å²) in [4.78, 5) is 10.8. The summed E-state index contributed by atoms with van der Waals surface area (Å²) >= 11 is -2.21. The van der Waals surface area contributed by atoms with E-state index in [2.05, 4.69) is 26.7 Å². The monoisotopic (exact) mass is 332 g/mol. The van der Waals surface area contributed by atoms with Crippen LogP contribution in [0.15, 0.2) is 4.09 Å². The van der Waals surface area contributed by atoms with Gasteiger partial charge in [0.15, 0.2) is 0 Å². The fraction of sp³-hybridized carbons (Fsp3) is 0.857. The van der Waals surface area contributed by atoms with Crippen LogP contribution in [0.4, 0.5) is 0 Å². The number of hydrogen-bond acceptors (Lipinski definition) is 1. The molecule has 1 nitrogen and oxygen atoms in total. The Morgan fingerprint density at radius 3 is 1.50 bits per heavy atom. The minimum absolute atomic E-state index is 1.27. The van der Waals surface area contributed by atoms with E-state index >= 15 is 0 Å². The van der Waals surface area contributed by atoms with Crippen LogP contribution in [-0.2, 0) is 4.79 Å². The molecule has 2 heteroatoms. The Hall–Kier alpha value is 0.249. The van der Waals surface area contributed by atoms with Crippen molar-refractivity contribution in [3.8, 4) is 0 Å². The van der Waals surface area contributed by atoms with Crippen LogP contribution in [-0.4, -0.2) is 24.3 Å². The van der Waals surface area contributed by atoms with Crippen molar-refractivity contribution in [2.75, 3.05) is 0 Å². The van der Waals surface area contributed by atoms with Gasteiger partial charge in [0.2, 0.25) is 0 Å². The van der Waals surface area contributed by atoms with E-state index in [1.54, 1.807) is 0 Å². The fourth-order valence-corrected chi connectivity index (χ4v) is 15.4. The standard InChI is InChI=1S/3C4H9.C2HO.Sn/c3*1-3-4-2;1-2-3;/h3*1,3-4H2,2H3;1H;. The third-order valence-corrected chi connectivity index (χ3v) is 17.1. The van der Waals surface area contributed by atoms with E-state index in [1.807, 2.05) is 4.09 Å². The Bertz CT molecular complexity index is 185. The van der Waals surface area contributed by atoms with Crippen molar-refractivity contribution in [3.63, 3.8) is 0 Å². The summed E-state index contributed by atoms with van der Waals surface area (Å²) in [7, 11) is 0. The molecule has 0 radical (unpaired) electrons. The van der Waals surface area contributed by atoms with Gasteiger partial charge in [-0.25, -0.2) is 0 Å². The molecule has 0 aliphatic carbocycles. The molecule has 0 bridgehead atoms. The summed E-state index contributed by atoms with van der Waals surface area (Å²) in [5.74, 6) is 2.15. The van der Waals surface area contributed by atoms with Crippen LogP contribution in [0, 0.1) is 0 Å². The Morgan fingerprint density at radius 2 is 1.25 bits per heavy atom. The van der Waals surface area contributed by atoms with Gasteiger partial charge in [-0.2, -0.15) is 0 Å². The average molecular weight is 331 g/mol. The number of hydrogen-bond donors (Lipinski definition) is 0. The normalized spacial score (nSPS) is 11.2. The van der Waals surface area contributed by atoms with Crippen LogP contribution < -0.4 is 0 Å². The van der Waals surface area contributed by atoms with Crippen LogP contribution in [0.5, 0.6) is 0 Å². The molecule has 0 aromatic rings. The van der Waals surface area contributed by atoms with Crippen molar-refractivity contribution < 1.29 is 4.79 Å². The molecule has 0 atom stereocenters. The summed E-state index contributed by atoms with van der Waals surface area (Å²) in [6.07, 6.45) is 7.77. The molecule has 0 aromatic heterocycles. The summed E-state index contributed by atoms with van der Waals surface area (Å²) in [6, 6.07) is 0. The first-order valence-electron chi connectivity index (χ1n) is 6.96. The second-order valence-electron chi connectivity index (χ2n) is 4.94. The van der Waals surface area contributed by atoms with Gasteiger partial charge in [0.05, 0.1) is 0 Å². The molecule has 0 amide bonds. The molecule has 0 fully saturated rings. The van der Waals surface area contributed by atoms with E-state index in [0.717, 1.165) is 0 Å². The minimum atomic E-state index is -2.21. The topological polar surface area (TPSA) is 17.1 Å². The van der Waals surface area contributed by atoms with Crippen LogP contribution >= 0.6 is 0 Å². The van der Waals surface area contributed by atoms with E-state index in [4.69, 9.17) is 0 Å². The predicted molar refractivity (Wildman–Crippen MR) is 75.2 cm³/mol. The van der Waals surface area contributed by atoms with Gasteiger partial charge in [0, 0.05) is 0 Å². The Labute approximate surface area is 106 Å². The molecule has 0 aliphatic rings. The summed E-state index contributed by atoms with van der Waals surface area (Å²) < 4.78 is 6.16. The maximum atomic E-state index is 10.8. The molecule has 0 rings (SSSR count). The number of carbonyl (C=O) groups excluding carboxylic acids is 1. The zero-order chi connectivity index (χ0) is 12.3. The van der Waals surface area contributed by atoms with Crippen molar-refractivity contribution in [2.24, 2.45) is 0 Å². The van der Waals surface area contributed by atoms with E-state index < -0.39 is 18.4 Å². The SMILES string of the molecule is CCC[CH2][Sn]([CH]=C=O)([CH2]CCC)[CH2]CCC. The van der Waals surface area contributed by atoms with Gasteiger partial charge in [-0.1, -0.05) is 0 Å². The van der Waals surface area contributed by atoms with Gasteiger partial charge in [0.1, 0.15) is 0 Å². The van der Waals surface area contributed by atoms with Gasteiger partial charge in [-0.15, -0.1) is 0 Å². The number of rotatable bonds is 10. The van der Waals surface area contributed by atoms with Crippen molar-refractivity contribution >= 4 is 24.3 Å². The second kappa shape index (κ2) is 10.4. The molecule has 0 saturated heterocycles. The molecule has 0 heterocycles. The van der Waals surface area contributed by atoms with Crippen molar-refractivity contribution in [2.45, 2.75) is 72.6 Å². The van der Waals surface area contributed by atoms with E-state index in [1.165, 1.54) is 51.8 Å². The molecule has 0 spiro atoms. The molecule has 0 saturated carbocycles. The van der Waals surface area contributed by atoms with Crippen LogP contribution in [0.2, 0.25) is 13.3 Å². The van der Waals surface area contributed by atoms with Crippen molar-refractivity contribution in [1.82, 2.24) is 0 Å². The van der Waals surface area contributed by atoms with E-state index in [9.17, 15) is 4.79 Å². The average Bonchev–Trinajstić information content (AvgIpc) is 2.31. The molecule has 0 unspecified atom stereocenters. The zero-order valence-electron chi connectivity index (χ0n) is 11.3. The zero-order valence-corrected chi connectivity index (χ0v) is 14.2. The number of unbranched alkanes of at least 4 members (excludes halogenated alkanes) is 3. The molecule has 0 N–H and O–H groups in total. The summed E-state index contributed by atoms with van der Waals surface area (Å²) in [6.45, 7) is 6.75. The molecule has 94 valence electrons. The van der Waals surface area contributed by atoms with E-state index in [-0.39, 0.29) is 0 Å². The van der Waals surface area contributed by atoms with Gasteiger partial charge >= 0.3 is 106 Å². The third kappa shape index (κ3) is 6.75. The summed E-state index contributed by atoms with van der Waals surface area (Å²) in [5.41, 5.74) is 0. The van der Waals surface area contributed by atoms with Gasteiger partial charge in [-0.05, 0) is 0 Å². The van der Waals surface area contributed by atoms with Gasteiger partial charge < -0.3 is 0 Å². The first-order valence-corrected chi connectivity index (χ1v) is 14.7. The first kappa shape index (κ1) is 16.2. The van der Waals surface area contributed by atoms with Gasteiger partial charge in [-0.3, -0.25) is 0 Å². The molecule has 0 aromatic carbocycles. The Kier molecular flexibility index (Phi) is 10.6. The molecular weight excluding hydrogens is 303 g/mol. The maximum absolute atomic E-state index is 10.8. The first-order chi connectivity index (χ1) is 7.74. The quantitative estimate of drug-likeness (QED) is 0.417. The van der Waals surface area contributed by atoms with Crippen LogP contribution in [0.1, 0.15) is 59.3 Å². The second-order valence-corrected chi connectivity index (χ2v) is 17.8. The third-order valence-electron chi connectivity index (χ3n) is 3.45. The van der Waals surface area contributed by atoms with Crippen molar-refractivity contribution in [1.29, 1.82) is 0 Å². The Morgan fingerprint density at radius 1 is 0.875 bits per heavy atom. The summed E-state index contributed by atoms with van der Waals surface area (Å²) in [5, 5.41) is 0. The molecule has 0 aliphatic heterocycles. The van der Waals surface area contributed by atoms with E-state index in [0.29, 0.717) is 0 Å². The molecule has 16 heavy (non-hydrogen) atoms. The van der Waals surface area contributed by atoms with Crippen molar-refractivity contribution in [3.05, 3.63) is 4.09 Å². The fourth-order valence-electron chi connectivity index (χ4n) is 2.30. The predicted octanol–water partition coefficient (Wildman–Crippen LogP) is 4.76. The molecular formula is C14H28OSn. The van der Waals surface area contributed by atoms with Gasteiger partial charge in [0.25, 0.3) is 0 Å². The van der Waals surface area contributed by atoms with Crippen LogP contribution in [0.25, 0.3) is 0 Å². The Balaban J connectivity index is 4.51.